The Kier molecular flexibility index (Phi) is 8.05. The quantitative estimate of drug-likeness (QED) is 0.277. The van der Waals surface area contributed by atoms with Gasteiger partial charge in [-0.1, -0.05) is 60.2 Å². The standard InChI is InChI=1S/C27H29FN4O2S/c1-22-10-16-26(17-11-22)35(33,34)32(18-6-5-9-23-7-3-2-4-8-23)20-27-30-29-21-31(27)19-24-12-14-25(28)15-13-24/h2-4,7-8,10-17,21H,5-6,9,18-20H2,1H3. The van der Waals surface area contributed by atoms with E-state index in [2.05, 4.69) is 22.3 Å². The molecule has 6 nitrogen and oxygen atoms in total. The molecule has 0 atom stereocenters. The number of aryl methyl sites for hydroxylation is 2. The molecule has 0 amide bonds. The molecule has 0 N–H and O–H groups in total. The molecule has 8 heteroatoms. The zero-order valence-electron chi connectivity index (χ0n) is 19.7. The maximum Gasteiger partial charge on any atom is 0.243 e. The fourth-order valence-electron chi connectivity index (χ4n) is 3.88. The van der Waals surface area contributed by atoms with Crippen LogP contribution in [0.5, 0.6) is 0 Å². The third-order valence-corrected chi connectivity index (χ3v) is 7.76. The number of aromatic nitrogens is 3. The van der Waals surface area contributed by atoms with Gasteiger partial charge in [0.2, 0.25) is 10.0 Å². The van der Waals surface area contributed by atoms with Gasteiger partial charge in [-0.3, -0.25) is 0 Å². The molecule has 4 rings (SSSR count). The van der Waals surface area contributed by atoms with Crippen LogP contribution in [0.3, 0.4) is 0 Å². The van der Waals surface area contributed by atoms with Gasteiger partial charge in [-0.15, -0.1) is 10.2 Å². The normalized spacial score (nSPS) is 11.7. The lowest BCUT2D eigenvalue weighted by molar-refractivity contribution is 0.381. The van der Waals surface area contributed by atoms with Gasteiger partial charge in [0, 0.05) is 6.54 Å². The summed E-state index contributed by atoms with van der Waals surface area (Å²) in [5, 5.41) is 8.21. The second-order valence-electron chi connectivity index (χ2n) is 8.60. The van der Waals surface area contributed by atoms with Crippen LogP contribution in [-0.2, 0) is 29.5 Å². The molecular weight excluding hydrogens is 463 g/mol. The summed E-state index contributed by atoms with van der Waals surface area (Å²) in [5.41, 5.74) is 3.11. The fourth-order valence-corrected chi connectivity index (χ4v) is 5.32. The van der Waals surface area contributed by atoms with Gasteiger partial charge in [-0.05, 0) is 61.6 Å². The van der Waals surface area contributed by atoms with Crippen LogP contribution < -0.4 is 0 Å². The van der Waals surface area contributed by atoms with Crippen LogP contribution in [0.1, 0.15) is 35.4 Å². The topological polar surface area (TPSA) is 68.1 Å². The number of benzene rings is 3. The lowest BCUT2D eigenvalue weighted by Crippen LogP contribution is -2.33. The maximum absolute atomic E-state index is 13.6. The minimum Gasteiger partial charge on any atom is -0.312 e. The molecule has 4 aromatic rings. The van der Waals surface area contributed by atoms with Gasteiger partial charge < -0.3 is 4.57 Å². The highest BCUT2D eigenvalue weighted by Crippen LogP contribution is 2.20. The summed E-state index contributed by atoms with van der Waals surface area (Å²) in [6.45, 7) is 2.82. The van der Waals surface area contributed by atoms with E-state index < -0.39 is 10.0 Å². The lowest BCUT2D eigenvalue weighted by Gasteiger charge is -2.22. The molecule has 0 saturated heterocycles. The van der Waals surface area contributed by atoms with Crippen molar-refractivity contribution in [2.24, 2.45) is 0 Å². The highest BCUT2D eigenvalue weighted by molar-refractivity contribution is 7.89. The largest absolute Gasteiger partial charge is 0.312 e. The minimum absolute atomic E-state index is 0.0999. The maximum atomic E-state index is 13.6. The molecule has 0 spiro atoms. The van der Waals surface area contributed by atoms with Crippen LogP contribution in [0.15, 0.2) is 90.1 Å². The van der Waals surface area contributed by atoms with E-state index in [1.807, 2.05) is 25.1 Å². The first-order valence-electron chi connectivity index (χ1n) is 11.6. The molecule has 0 unspecified atom stereocenters. The van der Waals surface area contributed by atoms with Crippen LogP contribution in [0, 0.1) is 12.7 Å². The molecule has 0 aliphatic rings. The summed E-state index contributed by atoms with van der Waals surface area (Å²) in [6, 6.07) is 23.3. The molecule has 1 aromatic heterocycles. The van der Waals surface area contributed by atoms with Crippen molar-refractivity contribution in [3.8, 4) is 0 Å². The van der Waals surface area contributed by atoms with E-state index in [-0.39, 0.29) is 17.3 Å². The summed E-state index contributed by atoms with van der Waals surface area (Å²) < 4.78 is 43.7. The van der Waals surface area contributed by atoms with Crippen LogP contribution in [0.2, 0.25) is 0 Å². The van der Waals surface area contributed by atoms with E-state index in [0.717, 1.165) is 24.0 Å². The van der Waals surface area contributed by atoms with Crippen molar-refractivity contribution >= 4 is 10.0 Å². The molecule has 0 saturated carbocycles. The SMILES string of the molecule is Cc1ccc(S(=O)(=O)N(CCCCc2ccccc2)Cc2nncn2Cc2ccc(F)cc2)cc1. The third kappa shape index (κ3) is 6.61. The van der Waals surface area contributed by atoms with E-state index in [9.17, 15) is 12.8 Å². The van der Waals surface area contributed by atoms with Gasteiger partial charge in [-0.2, -0.15) is 4.31 Å². The second kappa shape index (κ2) is 11.4. The zero-order valence-corrected chi connectivity index (χ0v) is 20.5. The Bertz CT molecular complexity index is 1320. The van der Waals surface area contributed by atoms with E-state index in [4.69, 9.17) is 0 Å². The van der Waals surface area contributed by atoms with Crippen molar-refractivity contribution in [3.05, 3.63) is 114 Å². The van der Waals surface area contributed by atoms with Crippen molar-refractivity contribution in [2.45, 2.75) is 44.2 Å². The van der Waals surface area contributed by atoms with Crippen molar-refractivity contribution in [1.29, 1.82) is 0 Å². The average molecular weight is 493 g/mol. The van der Waals surface area contributed by atoms with E-state index >= 15 is 0 Å². The first kappa shape index (κ1) is 24.8. The third-order valence-electron chi connectivity index (χ3n) is 5.90. The second-order valence-corrected chi connectivity index (χ2v) is 10.5. The Hall–Kier alpha value is -3.36. The van der Waals surface area contributed by atoms with Gasteiger partial charge >= 0.3 is 0 Å². The molecule has 35 heavy (non-hydrogen) atoms. The van der Waals surface area contributed by atoms with Gasteiger partial charge in [0.25, 0.3) is 0 Å². The van der Waals surface area contributed by atoms with Crippen molar-refractivity contribution < 1.29 is 12.8 Å². The minimum atomic E-state index is -3.73. The van der Waals surface area contributed by atoms with Crippen LogP contribution in [0.4, 0.5) is 4.39 Å². The smallest absolute Gasteiger partial charge is 0.243 e. The van der Waals surface area contributed by atoms with Crippen molar-refractivity contribution in [3.63, 3.8) is 0 Å². The summed E-state index contributed by atoms with van der Waals surface area (Å²) in [7, 11) is -3.73. The van der Waals surface area contributed by atoms with Crippen LogP contribution in [0.25, 0.3) is 0 Å². The molecule has 0 bridgehead atoms. The van der Waals surface area contributed by atoms with Gasteiger partial charge in [0.05, 0.1) is 18.0 Å². The number of unbranched alkanes of at least 4 members (excludes halogenated alkanes) is 1. The number of nitrogens with zero attached hydrogens (tertiary/aromatic N) is 4. The van der Waals surface area contributed by atoms with Crippen molar-refractivity contribution in [2.75, 3.05) is 6.54 Å². The fraction of sp³-hybridized carbons (Fsp3) is 0.259. The number of hydrogen-bond donors (Lipinski definition) is 0. The summed E-state index contributed by atoms with van der Waals surface area (Å²) in [4.78, 5) is 0.260. The highest BCUT2D eigenvalue weighted by Gasteiger charge is 2.26. The average Bonchev–Trinajstić information content (AvgIpc) is 3.29. The van der Waals surface area contributed by atoms with E-state index in [1.54, 1.807) is 47.3 Å². The summed E-state index contributed by atoms with van der Waals surface area (Å²) in [6.07, 6.45) is 4.04. The van der Waals surface area contributed by atoms with Crippen LogP contribution in [-0.4, -0.2) is 34.0 Å². The highest BCUT2D eigenvalue weighted by atomic mass is 32.2. The summed E-state index contributed by atoms with van der Waals surface area (Å²) >= 11 is 0. The van der Waals surface area contributed by atoms with E-state index in [1.165, 1.54) is 22.0 Å². The molecule has 0 aliphatic carbocycles. The van der Waals surface area contributed by atoms with E-state index in [0.29, 0.717) is 25.3 Å². The number of sulfonamides is 1. The Morgan fingerprint density at radius 1 is 0.886 bits per heavy atom. The van der Waals surface area contributed by atoms with Crippen LogP contribution >= 0.6 is 0 Å². The molecule has 0 fully saturated rings. The predicted octanol–water partition coefficient (Wildman–Crippen LogP) is 4.99. The molecule has 1 heterocycles. The first-order chi connectivity index (χ1) is 16.9. The molecule has 0 aliphatic heterocycles. The van der Waals surface area contributed by atoms with Gasteiger partial charge in [-0.25, -0.2) is 12.8 Å². The number of hydrogen-bond acceptors (Lipinski definition) is 4. The molecular formula is C27H29FN4O2S. The van der Waals surface area contributed by atoms with Gasteiger partial charge in [0.1, 0.15) is 18.0 Å². The Morgan fingerprint density at radius 3 is 2.31 bits per heavy atom. The Morgan fingerprint density at radius 2 is 1.60 bits per heavy atom. The Balaban J connectivity index is 1.52. The first-order valence-corrected chi connectivity index (χ1v) is 13.1. The molecule has 3 aromatic carbocycles. The monoisotopic (exact) mass is 492 g/mol. The van der Waals surface area contributed by atoms with Gasteiger partial charge in [0.15, 0.2) is 0 Å². The Labute approximate surface area is 206 Å². The lowest BCUT2D eigenvalue weighted by atomic mass is 10.1. The molecule has 182 valence electrons. The van der Waals surface area contributed by atoms with Crippen molar-refractivity contribution in [1.82, 2.24) is 19.1 Å². The predicted molar refractivity (Wildman–Crippen MR) is 134 cm³/mol. The zero-order chi connectivity index (χ0) is 24.7. The molecule has 0 radical (unpaired) electrons. The number of halogens is 1. The summed E-state index contributed by atoms with van der Waals surface area (Å²) in [5.74, 6) is 0.233. The number of rotatable bonds is 11.